The van der Waals surface area contributed by atoms with Gasteiger partial charge in [0.15, 0.2) is 8.24 Å². The van der Waals surface area contributed by atoms with Gasteiger partial charge in [-0.25, -0.2) is 0 Å². The van der Waals surface area contributed by atoms with Crippen LogP contribution in [0.5, 0.6) is 0 Å². The first-order valence-corrected chi connectivity index (χ1v) is 13.5. The summed E-state index contributed by atoms with van der Waals surface area (Å²) in [5.41, 5.74) is 0. The molecule has 0 saturated heterocycles. The second kappa shape index (κ2) is 8.62. The van der Waals surface area contributed by atoms with Crippen LogP contribution in [0.15, 0.2) is 60.7 Å². The second-order valence-corrected chi connectivity index (χ2v) is 13.2. The Kier molecular flexibility index (Phi) is 6.81. The van der Waals surface area contributed by atoms with Crippen LogP contribution in [-0.4, -0.2) is 28.0 Å². The largest absolute Gasteiger partial charge is 0.339 e. The van der Waals surface area contributed by atoms with Gasteiger partial charge in [-0.05, 0) is 29.4 Å². The standard InChI is InChI=1S/C20H30NSi2/c1-5-17-21(22(3)4)23(18-6-2,19-13-9-7-10-14-19)20-15-11-8-12-16-20/h7-16H,5-6,17-18H2,1-4H3. The lowest BCUT2D eigenvalue weighted by molar-refractivity contribution is 0.616. The molecule has 0 unspecified atom stereocenters. The number of rotatable bonds is 8. The molecule has 0 aliphatic rings. The summed E-state index contributed by atoms with van der Waals surface area (Å²) in [5.74, 6) is 0. The lowest BCUT2D eigenvalue weighted by Crippen LogP contribution is -2.72. The predicted octanol–water partition coefficient (Wildman–Crippen LogP) is 4.12. The van der Waals surface area contributed by atoms with Gasteiger partial charge >= 0.3 is 0 Å². The van der Waals surface area contributed by atoms with E-state index >= 15 is 0 Å². The maximum absolute atomic E-state index is 2.94. The Bertz CT molecular complexity index is 529. The zero-order valence-electron chi connectivity index (χ0n) is 15.0. The van der Waals surface area contributed by atoms with Gasteiger partial charge in [-0.1, -0.05) is 94.0 Å². The van der Waals surface area contributed by atoms with E-state index in [-0.39, 0.29) is 0 Å². The summed E-state index contributed by atoms with van der Waals surface area (Å²) in [7, 11) is -2.40. The topological polar surface area (TPSA) is 3.24 Å². The Labute approximate surface area is 145 Å². The Morgan fingerprint density at radius 3 is 1.61 bits per heavy atom. The molecule has 0 aliphatic carbocycles. The van der Waals surface area contributed by atoms with Crippen molar-refractivity contribution < 1.29 is 0 Å². The van der Waals surface area contributed by atoms with Crippen molar-refractivity contribution in [2.75, 3.05) is 6.54 Å². The molecule has 0 atom stereocenters. The molecular formula is C20H30NSi2. The molecule has 0 bridgehead atoms. The highest BCUT2D eigenvalue weighted by molar-refractivity contribution is 7.04. The molecular weight excluding hydrogens is 310 g/mol. The van der Waals surface area contributed by atoms with Crippen molar-refractivity contribution >= 4 is 27.6 Å². The van der Waals surface area contributed by atoms with Crippen LogP contribution in [-0.2, 0) is 0 Å². The van der Waals surface area contributed by atoms with Crippen LogP contribution in [0.2, 0.25) is 19.1 Å². The van der Waals surface area contributed by atoms with Gasteiger partial charge in [0.2, 0.25) is 0 Å². The van der Waals surface area contributed by atoms with Crippen LogP contribution < -0.4 is 10.4 Å². The zero-order valence-corrected chi connectivity index (χ0v) is 17.0. The van der Waals surface area contributed by atoms with Gasteiger partial charge in [-0.2, -0.15) is 0 Å². The highest BCUT2D eigenvalue weighted by Crippen LogP contribution is 2.21. The minimum absolute atomic E-state index is 0.513. The van der Waals surface area contributed by atoms with Crippen molar-refractivity contribution in [2.24, 2.45) is 0 Å². The van der Waals surface area contributed by atoms with E-state index in [1.54, 1.807) is 10.4 Å². The van der Waals surface area contributed by atoms with E-state index in [1.807, 2.05) is 0 Å². The van der Waals surface area contributed by atoms with Gasteiger partial charge in [0.1, 0.15) is 8.96 Å². The number of benzene rings is 2. The molecule has 0 heterocycles. The average molecular weight is 341 g/mol. The molecule has 0 aliphatic heterocycles. The third kappa shape index (κ3) is 3.85. The van der Waals surface area contributed by atoms with Gasteiger partial charge in [0.25, 0.3) is 0 Å². The van der Waals surface area contributed by atoms with E-state index in [9.17, 15) is 0 Å². The summed E-state index contributed by atoms with van der Waals surface area (Å²) in [6.45, 7) is 10.8. The molecule has 2 aromatic carbocycles. The lowest BCUT2D eigenvalue weighted by Gasteiger charge is -2.45. The van der Waals surface area contributed by atoms with E-state index in [0.717, 1.165) is 0 Å². The van der Waals surface area contributed by atoms with Crippen molar-refractivity contribution in [1.82, 2.24) is 4.23 Å². The van der Waals surface area contributed by atoms with Gasteiger partial charge < -0.3 is 4.23 Å². The number of hydrogen-bond donors (Lipinski definition) is 0. The fraction of sp³-hybridized carbons (Fsp3) is 0.400. The first-order chi connectivity index (χ1) is 11.2. The second-order valence-electron chi connectivity index (χ2n) is 6.44. The number of hydrogen-bond acceptors (Lipinski definition) is 1. The van der Waals surface area contributed by atoms with Crippen molar-refractivity contribution in [3.8, 4) is 0 Å². The highest BCUT2D eigenvalue weighted by atomic mass is 28.4. The quantitative estimate of drug-likeness (QED) is 0.653. The van der Waals surface area contributed by atoms with E-state index in [1.165, 1.54) is 25.4 Å². The van der Waals surface area contributed by atoms with Gasteiger partial charge in [-0.3, -0.25) is 0 Å². The van der Waals surface area contributed by atoms with Gasteiger partial charge in [-0.15, -0.1) is 0 Å². The normalized spacial score (nSPS) is 12.1. The monoisotopic (exact) mass is 340 g/mol. The molecule has 0 fully saturated rings. The van der Waals surface area contributed by atoms with Crippen LogP contribution in [0.1, 0.15) is 26.7 Å². The van der Waals surface area contributed by atoms with Crippen molar-refractivity contribution in [3.63, 3.8) is 0 Å². The molecule has 2 aromatic rings. The molecule has 2 rings (SSSR count). The molecule has 3 heteroatoms. The molecule has 23 heavy (non-hydrogen) atoms. The first kappa shape index (κ1) is 18.2. The average Bonchev–Trinajstić information content (AvgIpc) is 2.59. The molecule has 1 radical (unpaired) electrons. The van der Waals surface area contributed by atoms with Crippen LogP contribution in [0.3, 0.4) is 0 Å². The predicted molar refractivity (Wildman–Crippen MR) is 107 cm³/mol. The Balaban J connectivity index is 2.69. The molecule has 0 spiro atoms. The van der Waals surface area contributed by atoms with E-state index in [2.05, 4.69) is 91.8 Å². The Hall–Kier alpha value is -1.17. The minimum atomic E-state index is -1.88. The van der Waals surface area contributed by atoms with Crippen LogP contribution in [0, 0.1) is 0 Å². The van der Waals surface area contributed by atoms with Crippen molar-refractivity contribution in [1.29, 1.82) is 0 Å². The fourth-order valence-electron chi connectivity index (χ4n) is 3.71. The Morgan fingerprint density at radius 2 is 1.26 bits per heavy atom. The molecule has 0 aromatic heterocycles. The third-order valence-electron chi connectivity index (χ3n) is 4.56. The summed E-state index contributed by atoms with van der Waals surface area (Å²) in [6.07, 6.45) is 2.47. The van der Waals surface area contributed by atoms with E-state index < -0.39 is 17.2 Å². The van der Waals surface area contributed by atoms with Crippen LogP contribution in [0.4, 0.5) is 0 Å². The fourth-order valence-corrected chi connectivity index (χ4v) is 13.2. The summed E-state index contributed by atoms with van der Waals surface area (Å²) in [6, 6.07) is 24.0. The van der Waals surface area contributed by atoms with Gasteiger partial charge in [0, 0.05) is 0 Å². The summed E-state index contributed by atoms with van der Waals surface area (Å²) >= 11 is 0. The number of nitrogens with zero attached hydrogens (tertiary/aromatic N) is 1. The van der Waals surface area contributed by atoms with E-state index in [0.29, 0.717) is 0 Å². The lowest BCUT2D eigenvalue weighted by atomic mass is 10.4. The van der Waals surface area contributed by atoms with Crippen LogP contribution >= 0.6 is 0 Å². The summed E-state index contributed by atoms with van der Waals surface area (Å²) < 4.78 is 2.94. The van der Waals surface area contributed by atoms with Crippen molar-refractivity contribution in [3.05, 3.63) is 60.7 Å². The maximum Gasteiger partial charge on any atom is 0.185 e. The molecule has 0 saturated carbocycles. The van der Waals surface area contributed by atoms with E-state index in [4.69, 9.17) is 0 Å². The zero-order chi connectivity index (χ0) is 16.7. The smallest absolute Gasteiger partial charge is 0.185 e. The maximum atomic E-state index is 2.94. The molecule has 123 valence electrons. The molecule has 0 N–H and O–H groups in total. The molecule has 1 nitrogen and oxygen atoms in total. The van der Waals surface area contributed by atoms with Crippen LogP contribution in [0.25, 0.3) is 0 Å². The minimum Gasteiger partial charge on any atom is -0.339 e. The van der Waals surface area contributed by atoms with Crippen molar-refractivity contribution in [2.45, 2.75) is 45.8 Å². The molecule has 0 amide bonds. The summed E-state index contributed by atoms with van der Waals surface area (Å²) in [4.78, 5) is 0. The first-order valence-electron chi connectivity index (χ1n) is 8.85. The SMILES string of the molecule is CCCN([Si](C)C)[Si](CCC)(c1ccccc1)c1ccccc1. The highest BCUT2D eigenvalue weighted by Gasteiger charge is 2.43. The third-order valence-corrected chi connectivity index (χ3v) is 13.3. The summed E-state index contributed by atoms with van der Waals surface area (Å²) in [5, 5.41) is 3.15. The Morgan fingerprint density at radius 1 is 0.783 bits per heavy atom. The van der Waals surface area contributed by atoms with Gasteiger partial charge in [0.05, 0.1) is 0 Å².